The summed E-state index contributed by atoms with van der Waals surface area (Å²) < 4.78 is 33.0. The standard InChI is InChI=1S/C33H49FN6O2S.C3H8.2C2H6/c1-9-19-43(7,8)37-28(10-2)31(34)33(24(3)4)40-23-27(25-20-26(42-6)22-35-21-25)32-29(40)11-12-30(36-32)39-15-13-38(14-16-39)17-18-41-5;1-3-2;2*1-2/h10-12,20-24,37H,9,13-19H2,1-8H3;3H2,1-2H3;2*1-2H3/b28-10+,33-31-;;;. The fourth-order valence-corrected chi connectivity index (χ4v) is 7.57. The molecule has 1 fully saturated rings. The lowest BCUT2D eigenvalue weighted by molar-refractivity contribution is 0.144. The van der Waals surface area contributed by atoms with E-state index in [4.69, 9.17) is 14.5 Å². The van der Waals surface area contributed by atoms with Crippen LogP contribution in [-0.2, 0) is 4.74 Å². The third kappa shape index (κ3) is 12.6. The van der Waals surface area contributed by atoms with Gasteiger partial charge in [0, 0.05) is 63.4 Å². The molecule has 0 unspecified atom stereocenters. The van der Waals surface area contributed by atoms with Gasteiger partial charge in [0.25, 0.3) is 0 Å². The molecule has 0 saturated carbocycles. The predicted molar refractivity (Wildman–Crippen MR) is 219 cm³/mol. The van der Waals surface area contributed by atoms with E-state index in [0.717, 1.165) is 79.5 Å². The van der Waals surface area contributed by atoms with Crippen LogP contribution in [0.1, 0.15) is 82.1 Å². The summed E-state index contributed by atoms with van der Waals surface area (Å²) in [5.41, 5.74) is 4.57. The Morgan fingerprint density at radius 1 is 1.02 bits per heavy atom. The average Bonchev–Trinajstić information content (AvgIpc) is 3.50. The SMILES string of the molecule is C/C=C(NS(C)(C)CCC)\C(F)=C(/C(C)C)n1cc(-c2cncc(OC)c2)c2nc(N3CCN(CCOC)CC3)ccc21.CC.CC.CCC. The molecule has 0 radical (unpaired) electrons. The van der Waals surface area contributed by atoms with Gasteiger partial charge in [-0.15, -0.1) is 0 Å². The Morgan fingerprint density at radius 2 is 1.66 bits per heavy atom. The number of rotatable bonds is 13. The molecule has 0 atom stereocenters. The van der Waals surface area contributed by atoms with Crippen LogP contribution in [0, 0.1) is 5.92 Å². The summed E-state index contributed by atoms with van der Waals surface area (Å²) in [4.78, 5) is 14.4. The number of ether oxygens (including phenoxy) is 2. The van der Waals surface area contributed by atoms with Crippen molar-refractivity contribution in [2.45, 2.75) is 82.1 Å². The minimum atomic E-state index is -1.20. The van der Waals surface area contributed by atoms with E-state index < -0.39 is 10.2 Å². The van der Waals surface area contributed by atoms with E-state index in [1.165, 1.54) is 6.42 Å². The summed E-state index contributed by atoms with van der Waals surface area (Å²) in [6.07, 6.45) is 14.1. The molecule has 1 saturated heterocycles. The normalized spacial score (nSPS) is 14.5. The van der Waals surface area contributed by atoms with Crippen molar-refractivity contribution in [3.8, 4) is 16.9 Å². The zero-order valence-corrected chi connectivity index (χ0v) is 34.6. The number of nitrogens with one attached hydrogen (secondary N) is 1. The van der Waals surface area contributed by atoms with Crippen LogP contribution in [-0.4, -0.2) is 91.2 Å². The Morgan fingerprint density at radius 3 is 2.20 bits per heavy atom. The number of pyridine rings is 2. The molecule has 0 aliphatic carbocycles. The van der Waals surface area contributed by atoms with Crippen LogP contribution in [0.15, 0.2) is 54.4 Å². The molecule has 1 N–H and O–H groups in total. The lowest BCUT2D eigenvalue weighted by Gasteiger charge is -2.35. The number of methoxy groups -OCH3 is 2. The largest absolute Gasteiger partial charge is 0.495 e. The molecule has 0 spiro atoms. The van der Waals surface area contributed by atoms with Crippen molar-refractivity contribution in [2.24, 2.45) is 5.92 Å². The van der Waals surface area contributed by atoms with Gasteiger partial charge in [-0.1, -0.05) is 74.8 Å². The molecule has 1 aliphatic heterocycles. The van der Waals surface area contributed by atoms with Crippen molar-refractivity contribution in [2.75, 3.05) is 76.7 Å². The number of halogens is 1. The van der Waals surface area contributed by atoms with Gasteiger partial charge in [0.05, 0.1) is 42.3 Å². The molecule has 4 heterocycles. The zero-order chi connectivity index (χ0) is 37.9. The summed E-state index contributed by atoms with van der Waals surface area (Å²) in [5.74, 6) is 2.27. The summed E-state index contributed by atoms with van der Waals surface area (Å²) in [6, 6.07) is 6.10. The molecule has 10 heteroatoms. The second kappa shape index (κ2) is 23.4. The number of allylic oxidation sites excluding steroid dienone is 3. The fraction of sp³-hybridized carbons (Fsp3) is 0.600. The average molecular weight is 717 g/mol. The van der Waals surface area contributed by atoms with E-state index in [-0.39, 0.29) is 11.7 Å². The van der Waals surface area contributed by atoms with E-state index in [2.05, 4.69) is 64.9 Å². The number of piperazine rings is 1. The highest BCUT2D eigenvalue weighted by Crippen LogP contribution is 2.41. The molecular weight excluding hydrogens is 648 g/mol. The first-order valence-electron chi connectivity index (χ1n) is 18.6. The van der Waals surface area contributed by atoms with Gasteiger partial charge in [-0.3, -0.25) is 9.88 Å². The van der Waals surface area contributed by atoms with E-state index in [9.17, 15) is 0 Å². The van der Waals surface area contributed by atoms with Crippen LogP contribution in [0.5, 0.6) is 5.75 Å². The van der Waals surface area contributed by atoms with E-state index in [1.807, 2.05) is 77.6 Å². The first-order valence-corrected chi connectivity index (χ1v) is 21.2. The van der Waals surface area contributed by atoms with Gasteiger partial charge >= 0.3 is 0 Å². The Bertz CT molecular complexity index is 1460. The highest BCUT2D eigenvalue weighted by atomic mass is 32.3. The highest BCUT2D eigenvalue weighted by molar-refractivity contribution is 8.31. The molecule has 284 valence electrons. The second-order valence-corrected chi connectivity index (χ2v) is 16.2. The molecule has 1 aliphatic rings. The highest BCUT2D eigenvalue weighted by Gasteiger charge is 2.25. The van der Waals surface area contributed by atoms with Crippen LogP contribution in [0.4, 0.5) is 10.2 Å². The van der Waals surface area contributed by atoms with Gasteiger partial charge in [0.2, 0.25) is 0 Å². The molecule has 3 aromatic heterocycles. The predicted octanol–water partition coefficient (Wildman–Crippen LogP) is 10.0. The molecule has 0 aromatic carbocycles. The van der Waals surface area contributed by atoms with Crippen molar-refractivity contribution in [3.05, 3.63) is 54.4 Å². The summed E-state index contributed by atoms with van der Waals surface area (Å²) in [7, 11) is 2.18. The second-order valence-electron chi connectivity index (χ2n) is 12.5. The molecule has 8 nitrogen and oxygen atoms in total. The Kier molecular flexibility index (Phi) is 21.0. The van der Waals surface area contributed by atoms with Crippen LogP contribution in [0.3, 0.4) is 0 Å². The lowest BCUT2D eigenvalue weighted by Crippen LogP contribution is -2.47. The first-order chi connectivity index (χ1) is 24.0. The molecule has 50 heavy (non-hydrogen) atoms. The Labute approximate surface area is 306 Å². The van der Waals surface area contributed by atoms with Gasteiger partial charge in [-0.05, 0) is 55.7 Å². The number of hydrogen-bond acceptors (Lipinski definition) is 7. The van der Waals surface area contributed by atoms with Crippen molar-refractivity contribution in [1.29, 1.82) is 0 Å². The monoisotopic (exact) mass is 717 g/mol. The Hall–Kier alpha value is -3.08. The quantitative estimate of drug-likeness (QED) is 0.177. The topological polar surface area (TPSA) is 67.7 Å². The fourth-order valence-electron chi connectivity index (χ4n) is 5.64. The number of hydrogen-bond donors (Lipinski definition) is 1. The number of fused-ring (bicyclic) bond motifs is 1. The van der Waals surface area contributed by atoms with Crippen molar-refractivity contribution in [1.82, 2.24) is 24.2 Å². The maximum atomic E-state index is 16.7. The first kappa shape index (κ1) is 44.9. The van der Waals surface area contributed by atoms with E-state index in [1.54, 1.807) is 20.4 Å². The molecule has 0 bridgehead atoms. The number of nitrogens with zero attached hydrogens (tertiary/aromatic N) is 5. The van der Waals surface area contributed by atoms with E-state index in [0.29, 0.717) is 17.1 Å². The van der Waals surface area contributed by atoms with Crippen molar-refractivity contribution in [3.63, 3.8) is 0 Å². The van der Waals surface area contributed by atoms with Crippen LogP contribution >= 0.6 is 10.2 Å². The number of aromatic nitrogens is 3. The molecule has 3 aromatic rings. The summed E-state index contributed by atoms with van der Waals surface area (Å²) in [6.45, 7) is 25.7. The van der Waals surface area contributed by atoms with Gasteiger partial charge < -0.3 is 23.7 Å². The molecule has 4 rings (SSSR count). The summed E-state index contributed by atoms with van der Waals surface area (Å²) >= 11 is 0. The smallest absolute Gasteiger partial charge is 0.166 e. The maximum absolute atomic E-state index is 16.7. The molecular formula is C40H69FN6O2S. The third-order valence-corrected chi connectivity index (χ3v) is 10.1. The summed E-state index contributed by atoms with van der Waals surface area (Å²) in [5, 5.41) is 0. The third-order valence-electron chi connectivity index (χ3n) is 7.86. The van der Waals surface area contributed by atoms with Gasteiger partial charge in [0.15, 0.2) is 5.83 Å². The van der Waals surface area contributed by atoms with Crippen LogP contribution in [0.2, 0.25) is 0 Å². The van der Waals surface area contributed by atoms with Gasteiger partial charge in [-0.25, -0.2) is 9.37 Å². The minimum absolute atomic E-state index is 0.0900. The van der Waals surface area contributed by atoms with Crippen LogP contribution in [0.25, 0.3) is 27.9 Å². The number of anilines is 1. The zero-order valence-electron chi connectivity index (χ0n) is 33.8. The van der Waals surface area contributed by atoms with Gasteiger partial charge in [0.1, 0.15) is 11.6 Å². The van der Waals surface area contributed by atoms with Gasteiger partial charge in [-0.2, -0.15) is 10.2 Å². The van der Waals surface area contributed by atoms with Crippen molar-refractivity contribution >= 4 is 32.8 Å². The molecule has 0 amide bonds. The Balaban J connectivity index is 0.00000166. The minimum Gasteiger partial charge on any atom is -0.495 e. The van der Waals surface area contributed by atoms with Crippen molar-refractivity contribution < 1.29 is 13.9 Å². The maximum Gasteiger partial charge on any atom is 0.166 e. The lowest BCUT2D eigenvalue weighted by atomic mass is 10.1. The van der Waals surface area contributed by atoms with E-state index >= 15 is 4.39 Å². The van der Waals surface area contributed by atoms with Crippen LogP contribution < -0.4 is 14.4 Å².